The second kappa shape index (κ2) is 7.88. The average Bonchev–Trinajstić information content (AvgIpc) is 2.38. The third-order valence-corrected chi connectivity index (χ3v) is 3.75. The van der Waals surface area contributed by atoms with Gasteiger partial charge in [-0.25, -0.2) is 0 Å². The summed E-state index contributed by atoms with van der Waals surface area (Å²) in [5, 5.41) is 0.670. The molecule has 1 aromatic carbocycles. The second-order valence-electron chi connectivity index (χ2n) is 4.75. The fourth-order valence-corrected chi connectivity index (χ4v) is 2.68. The van der Waals surface area contributed by atoms with Gasteiger partial charge in [-0.05, 0) is 24.8 Å². The van der Waals surface area contributed by atoms with Crippen molar-refractivity contribution >= 4 is 24.0 Å². The second-order valence-corrected chi connectivity index (χ2v) is 5.15. The van der Waals surface area contributed by atoms with Gasteiger partial charge in [0.25, 0.3) is 0 Å². The van der Waals surface area contributed by atoms with Crippen LogP contribution < -0.4 is 10.5 Å². The van der Waals surface area contributed by atoms with Gasteiger partial charge in [0, 0.05) is 12.1 Å². The summed E-state index contributed by atoms with van der Waals surface area (Å²) in [7, 11) is 0. The lowest BCUT2D eigenvalue weighted by atomic mass is 9.90. The van der Waals surface area contributed by atoms with E-state index in [1.54, 1.807) is 0 Å². The molecule has 0 radical (unpaired) electrons. The van der Waals surface area contributed by atoms with Crippen LogP contribution >= 0.6 is 24.0 Å². The van der Waals surface area contributed by atoms with E-state index in [1.807, 2.05) is 18.2 Å². The zero-order valence-corrected chi connectivity index (χ0v) is 12.1. The molecule has 0 spiro atoms. The minimum Gasteiger partial charge on any atom is -0.491 e. The molecule has 0 heterocycles. The van der Waals surface area contributed by atoms with Crippen LogP contribution in [0.1, 0.15) is 37.7 Å². The average molecular weight is 290 g/mol. The number of para-hydroxylation sites is 1. The van der Waals surface area contributed by atoms with Gasteiger partial charge in [-0.3, -0.25) is 0 Å². The molecule has 0 atom stereocenters. The van der Waals surface area contributed by atoms with E-state index in [-0.39, 0.29) is 12.4 Å². The fraction of sp³-hybridized carbons (Fsp3) is 0.571. The van der Waals surface area contributed by atoms with Gasteiger partial charge < -0.3 is 10.5 Å². The van der Waals surface area contributed by atoms with E-state index in [4.69, 9.17) is 22.1 Å². The number of hydrogen-bond donors (Lipinski definition) is 1. The topological polar surface area (TPSA) is 35.2 Å². The Kier molecular flexibility index (Phi) is 6.83. The summed E-state index contributed by atoms with van der Waals surface area (Å²) >= 11 is 6.15. The Morgan fingerprint density at radius 3 is 2.61 bits per heavy atom. The number of benzene rings is 1. The van der Waals surface area contributed by atoms with Crippen molar-refractivity contribution in [1.29, 1.82) is 0 Å². The Labute approximate surface area is 120 Å². The van der Waals surface area contributed by atoms with E-state index >= 15 is 0 Å². The summed E-state index contributed by atoms with van der Waals surface area (Å²) in [4.78, 5) is 0. The maximum Gasteiger partial charge on any atom is 0.142 e. The summed E-state index contributed by atoms with van der Waals surface area (Å²) in [5.74, 6) is 1.47. The third kappa shape index (κ3) is 4.04. The van der Waals surface area contributed by atoms with Crippen molar-refractivity contribution in [1.82, 2.24) is 0 Å². The molecule has 2 N–H and O–H groups in total. The van der Waals surface area contributed by atoms with Gasteiger partial charge >= 0.3 is 0 Å². The molecule has 0 aromatic heterocycles. The summed E-state index contributed by atoms with van der Waals surface area (Å²) < 4.78 is 5.89. The first-order valence-electron chi connectivity index (χ1n) is 6.41. The van der Waals surface area contributed by atoms with Crippen LogP contribution in [0.15, 0.2) is 18.2 Å². The molecule has 0 bridgehead atoms. The van der Waals surface area contributed by atoms with Crippen LogP contribution in [0.2, 0.25) is 5.02 Å². The molecular weight excluding hydrogens is 269 g/mol. The van der Waals surface area contributed by atoms with Gasteiger partial charge in [-0.1, -0.05) is 43.0 Å². The first kappa shape index (κ1) is 15.6. The Morgan fingerprint density at radius 1 is 1.22 bits per heavy atom. The van der Waals surface area contributed by atoms with Gasteiger partial charge in [-0.2, -0.15) is 0 Å². The van der Waals surface area contributed by atoms with Crippen molar-refractivity contribution in [3.63, 3.8) is 0 Å². The highest BCUT2D eigenvalue weighted by atomic mass is 35.5. The molecule has 1 aliphatic carbocycles. The molecule has 2 nitrogen and oxygen atoms in total. The minimum absolute atomic E-state index is 0. The molecule has 0 saturated heterocycles. The first-order valence-corrected chi connectivity index (χ1v) is 6.79. The molecule has 1 saturated carbocycles. The molecular formula is C14H21Cl2NO. The number of rotatable bonds is 4. The van der Waals surface area contributed by atoms with Gasteiger partial charge in [0.1, 0.15) is 5.75 Å². The lowest BCUT2D eigenvalue weighted by molar-refractivity contribution is 0.207. The van der Waals surface area contributed by atoms with Crippen LogP contribution in [-0.4, -0.2) is 6.61 Å². The van der Waals surface area contributed by atoms with E-state index in [9.17, 15) is 0 Å². The molecule has 1 aromatic rings. The number of ether oxygens (including phenoxy) is 1. The Bertz CT molecular complexity index is 365. The summed E-state index contributed by atoms with van der Waals surface area (Å²) in [5.41, 5.74) is 6.68. The first-order chi connectivity index (χ1) is 8.31. The summed E-state index contributed by atoms with van der Waals surface area (Å²) in [6, 6.07) is 5.75. The van der Waals surface area contributed by atoms with Crippen LogP contribution in [0, 0.1) is 5.92 Å². The quantitative estimate of drug-likeness (QED) is 0.902. The van der Waals surface area contributed by atoms with Gasteiger partial charge in [0.15, 0.2) is 0 Å². The summed E-state index contributed by atoms with van der Waals surface area (Å²) in [6.45, 7) is 1.25. The predicted molar refractivity (Wildman–Crippen MR) is 78.7 cm³/mol. The molecule has 102 valence electrons. The van der Waals surface area contributed by atoms with Crippen LogP contribution in [0.4, 0.5) is 0 Å². The molecule has 2 rings (SSSR count). The standard InChI is InChI=1S/C14H20ClNO.ClH/c15-13-8-4-7-12(9-16)14(13)17-10-11-5-2-1-3-6-11;/h4,7-8,11H,1-3,5-6,9-10,16H2;1H. The van der Waals surface area contributed by atoms with Crippen molar-refractivity contribution < 1.29 is 4.74 Å². The van der Waals surface area contributed by atoms with E-state index in [1.165, 1.54) is 32.1 Å². The van der Waals surface area contributed by atoms with Gasteiger partial charge in [0.05, 0.1) is 11.6 Å². The van der Waals surface area contributed by atoms with Crippen LogP contribution in [0.5, 0.6) is 5.75 Å². The molecule has 0 unspecified atom stereocenters. The maximum absolute atomic E-state index is 6.15. The van der Waals surface area contributed by atoms with Crippen LogP contribution in [0.3, 0.4) is 0 Å². The Hall–Kier alpha value is -0.440. The van der Waals surface area contributed by atoms with Crippen molar-refractivity contribution in [3.8, 4) is 5.75 Å². The summed E-state index contributed by atoms with van der Waals surface area (Å²) in [6.07, 6.45) is 6.60. The maximum atomic E-state index is 6.15. The van der Waals surface area contributed by atoms with Crippen LogP contribution in [0.25, 0.3) is 0 Å². The smallest absolute Gasteiger partial charge is 0.142 e. The highest BCUT2D eigenvalue weighted by Crippen LogP contribution is 2.30. The Balaban J connectivity index is 0.00000162. The number of hydrogen-bond acceptors (Lipinski definition) is 2. The highest BCUT2D eigenvalue weighted by molar-refractivity contribution is 6.32. The van der Waals surface area contributed by atoms with Gasteiger partial charge in [-0.15, -0.1) is 12.4 Å². The SMILES string of the molecule is Cl.NCc1cccc(Cl)c1OCC1CCCCC1. The number of halogens is 2. The van der Waals surface area contributed by atoms with Crippen molar-refractivity contribution in [2.45, 2.75) is 38.6 Å². The third-order valence-electron chi connectivity index (χ3n) is 3.46. The minimum atomic E-state index is 0. The van der Waals surface area contributed by atoms with Crippen molar-refractivity contribution in [2.24, 2.45) is 11.7 Å². The van der Waals surface area contributed by atoms with E-state index in [2.05, 4.69) is 0 Å². The van der Waals surface area contributed by atoms with Crippen LogP contribution in [-0.2, 0) is 6.54 Å². The largest absolute Gasteiger partial charge is 0.491 e. The monoisotopic (exact) mass is 289 g/mol. The van der Waals surface area contributed by atoms with Crippen molar-refractivity contribution in [3.05, 3.63) is 28.8 Å². The van der Waals surface area contributed by atoms with E-state index in [0.717, 1.165) is 17.9 Å². The zero-order valence-electron chi connectivity index (χ0n) is 10.5. The zero-order chi connectivity index (χ0) is 12.1. The highest BCUT2D eigenvalue weighted by Gasteiger charge is 2.15. The Morgan fingerprint density at radius 2 is 1.94 bits per heavy atom. The van der Waals surface area contributed by atoms with Crippen molar-refractivity contribution in [2.75, 3.05) is 6.61 Å². The molecule has 0 amide bonds. The molecule has 1 aliphatic rings. The lowest BCUT2D eigenvalue weighted by Gasteiger charge is -2.22. The molecule has 0 aliphatic heterocycles. The lowest BCUT2D eigenvalue weighted by Crippen LogP contribution is -2.16. The number of nitrogens with two attached hydrogens (primary N) is 1. The molecule has 4 heteroatoms. The fourth-order valence-electron chi connectivity index (χ4n) is 2.43. The predicted octanol–water partition coefficient (Wildman–Crippen LogP) is 4.18. The molecule has 18 heavy (non-hydrogen) atoms. The van der Waals surface area contributed by atoms with Gasteiger partial charge in [0.2, 0.25) is 0 Å². The van der Waals surface area contributed by atoms with E-state index < -0.39 is 0 Å². The molecule has 1 fully saturated rings. The normalized spacial score (nSPS) is 16.1. The van der Waals surface area contributed by atoms with E-state index in [0.29, 0.717) is 17.5 Å².